The molecule has 0 aliphatic rings. The van der Waals surface area contributed by atoms with E-state index in [2.05, 4.69) is 18.3 Å². The summed E-state index contributed by atoms with van der Waals surface area (Å²) in [6.07, 6.45) is 2.52. The van der Waals surface area contributed by atoms with Crippen LogP contribution in [0.3, 0.4) is 0 Å². The van der Waals surface area contributed by atoms with Gasteiger partial charge in [-0.1, -0.05) is 25.5 Å². The standard InChI is InChI=1S/C13H16N2O/c1-2-3-7-13(16)15-10-12-6-4-5-11(8-12)9-14/h4-6,8H,2-3,7,10H2,1H3,(H,15,16). The molecule has 0 aromatic heterocycles. The van der Waals surface area contributed by atoms with Crippen LogP contribution in [0.15, 0.2) is 24.3 Å². The summed E-state index contributed by atoms with van der Waals surface area (Å²) in [4.78, 5) is 11.4. The quantitative estimate of drug-likeness (QED) is 0.821. The number of carbonyl (C=O) groups is 1. The summed E-state index contributed by atoms with van der Waals surface area (Å²) in [6.45, 7) is 2.56. The van der Waals surface area contributed by atoms with E-state index in [1.165, 1.54) is 0 Å². The van der Waals surface area contributed by atoms with Gasteiger partial charge in [0, 0.05) is 13.0 Å². The van der Waals surface area contributed by atoms with E-state index in [1.54, 1.807) is 12.1 Å². The lowest BCUT2D eigenvalue weighted by molar-refractivity contribution is -0.121. The average Bonchev–Trinajstić information content (AvgIpc) is 2.34. The Morgan fingerprint density at radius 1 is 1.50 bits per heavy atom. The Labute approximate surface area is 96.1 Å². The third kappa shape index (κ3) is 4.14. The fourth-order valence-electron chi connectivity index (χ4n) is 1.38. The highest BCUT2D eigenvalue weighted by Gasteiger charge is 2.00. The predicted molar refractivity (Wildman–Crippen MR) is 62.5 cm³/mol. The number of rotatable bonds is 5. The highest BCUT2D eigenvalue weighted by molar-refractivity contribution is 5.75. The van der Waals surface area contributed by atoms with Gasteiger partial charge >= 0.3 is 0 Å². The molecule has 0 heterocycles. The molecule has 1 amide bonds. The largest absolute Gasteiger partial charge is 0.352 e. The topological polar surface area (TPSA) is 52.9 Å². The van der Waals surface area contributed by atoms with Crippen molar-refractivity contribution in [2.24, 2.45) is 0 Å². The van der Waals surface area contributed by atoms with Crippen LogP contribution in [-0.4, -0.2) is 5.91 Å². The third-order valence-corrected chi connectivity index (χ3v) is 2.30. The van der Waals surface area contributed by atoms with Crippen molar-refractivity contribution in [1.82, 2.24) is 5.32 Å². The molecule has 0 bridgehead atoms. The van der Waals surface area contributed by atoms with Crippen molar-refractivity contribution >= 4 is 5.91 Å². The van der Waals surface area contributed by atoms with E-state index in [0.29, 0.717) is 18.5 Å². The second kappa shape index (κ2) is 6.62. The van der Waals surface area contributed by atoms with E-state index >= 15 is 0 Å². The van der Waals surface area contributed by atoms with Crippen molar-refractivity contribution in [3.05, 3.63) is 35.4 Å². The molecule has 0 aliphatic heterocycles. The molecule has 0 atom stereocenters. The predicted octanol–water partition coefficient (Wildman–Crippen LogP) is 2.36. The van der Waals surface area contributed by atoms with E-state index in [-0.39, 0.29) is 5.91 Å². The number of nitrogens with zero attached hydrogens (tertiary/aromatic N) is 1. The summed E-state index contributed by atoms with van der Waals surface area (Å²) in [7, 11) is 0. The number of hydrogen-bond acceptors (Lipinski definition) is 2. The van der Waals surface area contributed by atoms with Crippen LogP contribution in [0.1, 0.15) is 37.3 Å². The van der Waals surface area contributed by atoms with Crippen LogP contribution in [0.2, 0.25) is 0 Å². The van der Waals surface area contributed by atoms with Crippen LogP contribution in [0, 0.1) is 11.3 Å². The maximum atomic E-state index is 11.4. The zero-order chi connectivity index (χ0) is 11.8. The van der Waals surface area contributed by atoms with E-state index in [9.17, 15) is 4.79 Å². The Kier molecular flexibility index (Phi) is 5.07. The van der Waals surface area contributed by atoms with Gasteiger partial charge in [-0.2, -0.15) is 5.26 Å². The van der Waals surface area contributed by atoms with Crippen molar-refractivity contribution in [3.8, 4) is 6.07 Å². The van der Waals surface area contributed by atoms with Crippen molar-refractivity contribution in [3.63, 3.8) is 0 Å². The number of nitriles is 1. The van der Waals surface area contributed by atoms with Gasteiger partial charge in [0.25, 0.3) is 0 Å². The molecule has 1 N–H and O–H groups in total. The fraction of sp³-hybridized carbons (Fsp3) is 0.385. The van der Waals surface area contributed by atoms with E-state index in [0.717, 1.165) is 18.4 Å². The molecule has 0 spiro atoms. The van der Waals surface area contributed by atoms with Gasteiger partial charge < -0.3 is 5.32 Å². The first-order valence-corrected chi connectivity index (χ1v) is 5.52. The van der Waals surface area contributed by atoms with Gasteiger partial charge in [-0.3, -0.25) is 4.79 Å². The molecule has 0 unspecified atom stereocenters. The molecule has 1 aromatic rings. The molecular formula is C13H16N2O. The van der Waals surface area contributed by atoms with Crippen LogP contribution < -0.4 is 5.32 Å². The number of unbranched alkanes of at least 4 members (excludes halogenated alkanes) is 1. The maximum Gasteiger partial charge on any atom is 0.220 e. The van der Waals surface area contributed by atoms with Crippen LogP contribution in [0.5, 0.6) is 0 Å². The molecule has 0 aliphatic carbocycles. The molecule has 84 valence electrons. The second-order valence-corrected chi connectivity index (χ2v) is 3.69. The second-order valence-electron chi connectivity index (χ2n) is 3.69. The van der Waals surface area contributed by atoms with E-state index in [4.69, 9.17) is 5.26 Å². The molecule has 3 nitrogen and oxygen atoms in total. The van der Waals surface area contributed by atoms with Gasteiger partial charge in [0.1, 0.15) is 0 Å². The summed E-state index contributed by atoms with van der Waals surface area (Å²) in [5.74, 6) is 0.0733. The lowest BCUT2D eigenvalue weighted by Gasteiger charge is -2.04. The van der Waals surface area contributed by atoms with Gasteiger partial charge in [-0.05, 0) is 24.1 Å². The normalized spacial score (nSPS) is 9.50. The lowest BCUT2D eigenvalue weighted by atomic mass is 10.1. The first kappa shape index (κ1) is 12.3. The molecular weight excluding hydrogens is 200 g/mol. The summed E-state index contributed by atoms with van der Waals surface area (Å²) in [5.41, 5.74) is 1.59. The first-order chi connectivity index (χ1) is 7.76. The minimum absolute atomic E-state index is 0.0733. The van der Waals surface area contributed by atoms with E-state index in [1.807, 2.05) is 12.1 Å². The lowest BCUT2D eigenvalue weighted by Crippen LogP contribution is -2.22. The first-order valence-electron chi connectivity index (χ1n) is 5.52. The van der Waals surface area contributed by atoms with Gasteiger partial charge in [0.15, 0.2) is 0 Å². The Morgan fingerprint density at radius 3 is 3.00 bits per heavy atom. The third-order valence-electron chi connectivity index (χ3n) is 2.30. The van der Waals surface area contributed by atoms with Crippen molar-refractivity contribution in [2.45, 2.75) is 32.7 Å². The molecule has 0 saturated heterocycles. The molecule has 16 heavy (non-hydrogen) atoms. The Hall–Kier alpha value is -1.82. The van der Waals surface area contributed by atoms with Crippen molar-refractivity contribution < 1.29 is 4.79 Å². The van der Waals surface area contributed by atoms with Crippen LogP contribution >= 0.6 is 0 Å². The maximum absolute atomic E-state index is 11.4. The minimum atomic E-state index is 0.0733. The Morgan fingerprint density at radius 2 is 2.31 bits per heavy atom. The Balaban J connectivity index is 2.42. The number of hydrogen-bond donors (Lipinski definition) is 1. The molecule has 0 radical (unpaired) electrons. The molecule has 0 fully saturated rings. The summed E-state index contributed by atoms with van der Waals surface area (Å²) in [6, 6.07) is 9.35. The van der Waals surface area contributed by atoms with Gasteiger partial charge in [-0.15, -0.1) is 0 Å². The van der Waals surface area contributed by atoms with Crippen LogP contribution in [-0.2, 0) is 11.3 Å². The zero-order valence-electron chi connectivity index (χ0n) is 9.49. The average molecular weight is 216 g/mol. The summed E-state index contributed by atoms with van der Waals surface area (Å²) in [5, 5.41) is 11.6. The van der Waals surface area contributed by atoms with Crippen LogP contribution in [0.25, 0.3) is 0 Å². The minimum Gasteiger partial charge on any atom is -0.352 e. The van der Waals surface area contributed by atoms with Crippen LogP contribution in [0.4, 0.5) is 0 Å². The highest BCUT2D eigenvalue weighted by atomic mass is 16.1. The molecule has 1 aromatic carbocycles. The summed E-state index contributed by atoms with van der Waals surface area (Å²) >= 11 is 0. The van der Waals surface area contributed by atoms with Crippen molar-refractivity contribution in [2.75, 3.05) is 0 Å². The Bertz CT molecular complexity index is 393. The molecule has 1 rings (SSSR count). The summed E-state index contributed by atoms with van der Waals surface area (Å²) < 4.78 is 0. The number of carbonyl (C=O) groups excluding carboxylic acids is 1. The SMILES string of the molecule is CCCCC(=O)NCc1cccc(C#N)c1. The number of nitrogens with one attached hydrogen (secondary N) is 1. The fourth-order valence-corrected chi connectivity index (χ4v) is 1.38. The number of benzene rings is 1. The van der Waals surface area contributed by atoms with Gasteiger partial charge in [0.2, 0.25) is 5.91 Å². The van der Waals surface area contributed by atoms with Crippen molar-refractivity contribution in [1.29, 1.82) is 5.26 Å². The van der Waals surface area contributed by atoms with Gasteiger partial charge in [0.05, 0.1) is 11.6 Å². The molecule has 0 saturated carbocycles. The molecule has 3 heteroatoms. The van der Waals surface area contributed by atoms with Gasteiger partial charge in [-0.25, -0.2) is 0 Å². The zero-order valence-corrected chi connectivity index (χ0v) is 9.49. The number of amides is 1. The highest BCUT2D eigenvalue weighted by Crippen LogP contribution is 2.04. The van der Waals surface area contributed by atoms with E-state index < -0.39 is 0 Å². The monoisotopic (exact) mass is 216 g/mol. The smallest absolute Gasteiger partial charge is 0.220 e.